The molecule has 0 aliphatic rings. The summed E-state index contributed by atoms with van der Waals surface area (Å²) >= 11 is 1.10. The number of thioether (sulfide) groups is 1. The average Bonchev–Trinajstić information content (AvgIpc) is 2.99. The monoisotopic (exact) mass is 398 g/mol. The van der Waals surface area contributed by atoms with Crippen molar-refractivity contribution in [1.82, 2.24) is 19.6 Å². The van der Waals surface area contributed by atoms with Gasteiger partial charge in [-0.2, -0.15) is 9.61 Å². The molecule has 0 atom stereocenters. The zero-order valence-corrected chi connectivity index (χ0v) is 15.1. The topological polar surface area (TPSA) is 100 Å². The number of benzene rings is 1. The molecule has 3 aromatic rings. The first kappa shape index (κ1) is 19.0. The van der Waals surface area contributed by atoms with Gasteiger partial charge >= 0.3 is 11.7 Å². The lowest BCUT2D eigenvalue weighted by molar-refractivity contribution is -0.142. The molecule has 11 heteroatoms. The van der Waals surface area contributed by atoms with Crippen LogP contribution < -0.4 is 5.69 Å². The molecule has 1 aromatic carbocycles. The summed E-state index contributed by atoms with van der Waals surface area (Å²) in [6.07, 6.45) is 1.64. The van der Waals surface area contributed by atoms with Gasteiger partial charge in [0, 0.05) is 0 Å². The van der Waals surface area contributed by atoms with Gasteiger partial charge in [-0.15, -0.1) is 0 Å². The van der Waals surface area contributed by atoms with Crippen LogP contribution in [-0.4, -0.2) is 36.9 Å². The van der Waals surface area contributed by atoms with E-state index >= 15 is 0 Å². The molecule has 0 bridgehead atoms. The molecule has 0 saturated carbocycles. The third-order valence-electron chi connectivity index (χ3n) is 4.07. The molecule has 0 radical (unpaired) electrons. The lowest BCUT2D eigenvalue weighted by Crippen LogP contribution is -2.30. The van der Waals surface area contributed by atoms with E-state index in [1.54, 1.807) is 6.26 Å². The smallest absolute Gasteiger partial charge is 0.350 e. The van der Waals surface area contributed by atoms with Crippen molar-refractivity contribution in [2.45, 2.75) is 24.4 Å². The van der Waals surface area contributed by atoms with Gasteiger partial charge in [-0.1, -0.05) is 11.8 Å². The zero-order valence-electron chi connectivity index (χ0n) is 14.3. The number of fused-ring (bicyclic) bond motifs is 1. The van der Waals surface area contributed by atoms with Crippen molar-refractivity contribution >= 4 is 23.4 Å². The van der Waals surface area contributed by atoms with Crippen molar-refractivity contribution in [2.75, 3.05) is 6.26 Å². The minimum atomic E-state index is -1.66. The van der Waals surface area contributed by atoms with E-state index in [0.29, 0.717) is 12.1 Å². The Morgan fingerprint density at radius 2 is 1.85 bits per heavy atom. The van der Waals surface area contributed by atoms with Crippen LogP contribution in [0.1, 0.15) is 19.5 Å². The SMILES string of the molecule is CSc1nc2c(-c3cc(F)c(F)c(F)c3)c(C(C)(C)C(=O)O)nn2c(=O)[nH]1. The number of H-pyrrole nitrogens is 1. The number of carbonyl (C=O) groups is 1. The van der Waals surface area contributed by atoms with Crippen LogP contribution in [0, 0.1) is 17.5 Å². The summed E-state index contributed by atoms with van der Waals surface area (Å²) in [5.41, 5.74) is -2.83. The van der Waals surface area contributed by atoms with Gasteiger partial charge in [0.05, 0.1) is 11.3 Å². The normalized spacial score (nSPS) is 11.9. The lowest BCUT2D eigenvalue weighted by Gasteiger charge is -2.18. The average molecular weight is 398 g/mol. The number of aliphatic carboxylic acids is 1. The fraction of sp³-hybridized carbons (Fsp3) is 0.250. The summed E-state index contributed by atoms with van der Waals surface area (Å²) in [5.74, 6) is -5.86. The van der Waals surface area contributed by atoms with Gasteiger partial charge in [0.25, 0.3) is 0 Å². The summed E-state index contributed by atoms with van der Waals surface area (Å²) in [5, 5.41) is 13.8. The maximum absolute atomic E-state index is 13.8. The largest absolute Gasteiger partial charge is 0.481 e. The summed E-state index contributed by atoms with van der Waals surface area (Å²) < 4.78 is 41.8. The van der Waals surface area contributed by atoms with Gasteiger partial charge in [0.2, 0.25) is 0 Å². The summed E-state index contributed by atoms with van der Waals surface area (Å²) in [7, 11) is 0. The summed E-state index contributed by atoms with van der Waals surface area (Å²) in [6, 6.07) is 1.41. The number of aromatic nitrogens is 4. The predicted octanol–water partition coefficient (Wildman–Crippen LogP) is 2.59. The second kappa shape index (κ2) is 6.41. The Hall–Kier alpha value is -2.82. The molecule has 7 nitrogen and oxygen atoms in total. The second-order valence-corrected chi connectivity index (χ2v) is 6.99. The van der Waals surface area contributed by atoms with Crippen molar-refractivity contribution in [3.8, 4) is 11.1 Å². The van der Waals surface area contributed by atoms with Crippen LogP contribution in [-0.2, 0) is 10.2 Å². The Balaban J connectivity index is 2.50. The minimum absolute atomic E-state index is 0.0680. The number of halogens is 3. The van der Waals surface area contributed by atoms with Crippen molar-refractivity contribution < 1.29 is 23.1 Å². The van der Waals surface area contributed by atoms with Crippen molar-refractivity contribution in [2.24, 2.45) is 0 Å². The molecule has 2 aromatic heterocycles. The molecule has 2 heterocycles. The summed E-state index contributed by atoms with van der Waals surface area (Å²) in [6.45, 7) is 2.64. The molecule has 0 amide bonds. The first-order chi connectivity index (χ1) is 12.6. The molecule has 27 heavy (non-hydrogen) atoms. The number of aromatic amines is 1. The highest BCUT2D eigenvalue weighted by Crippen LogP contribution is 2.36. The van der Waals surface area contributed by atoms with E-state index in [9.17, 15) is 27.9 Å². The van der Waals surface area contributed by atoms with E-state index in [-0.39, 0.29) is 27.6 Å². The van der Waals surface area contributed by atoms with Crippen LogP contribution in [0.15, 0.2) is 22.1 Å². The molecular weight excluding hydrogens is 385 g/mol. The van der Waals surface area contributed by atoms with Gasteiger partial charge in [0.1, 0.15) is 5.41 Å². The standard InChI is InChI=1S/C16H13F3N4O3S/c1-16(2,13(24)25)11-9(6-4-7(17)10(19)8(18)5-6)12-20-14(27-3)21-15(26)23(12)22-11/h4-5H,1-3H3,(H,24,25)(H,20,21,26). The Kier molecular flexibility index (Phi) is 4.50. The first-order valence-electron chi connectivity index (χ1n) is 7.53. The summed E-state index contributed by atoms with van der Waals surface area (Å²) in [4.78, 5) is 30.6. The van der Waals surface area contributed by atoms with Gasteiger partial charge in [-0.3, -0.25) is 9.78 Å². The molecule has 142 valence electrons. The molecule has 0 aliphatic carbocycles. The predicted molar refractivity (Wildman–Crippen MR) is 91.4 cm³/mol. The van der Waals surface area contributed by atoms with Gasteiger partial charge in [-0.05, 0) is 37.8 Å². The van der Waals surface area contributed by atoms with Gasteiger partial charge in [0.15, 0.2) is 28.3 Å². The first-order valence-corrected chi connectivity index (χ1v) is 8.76. The Labute approximate surface area is 154 Å². The Morgan fingerprint density at radius 1 is 1.26 bits per heavy atom. The number of hydrogen-bond donors (Lipinski definition) is 2. The maximum atomic E-state index is 13.8. The highest BCUT2D eigenvalue weighted by molar-refractivity contribution is 7.98. The van der Waals surface area contributed by atoms with Crippen LogP contribution >= 0.6 is 11.8 Å². The van der Waals surface area contributed by atoms with Gasteiger partial charge < -0.3 is 5.11 Å². The highest BCUT2D eigenvalue weighted by atomic mass is 32.2. The lowest BCUT2D eigenvalue weighted by atomic mass is 9.85. The fourth-order valence-electron chi connectivity index (χ4n) is 2.52. The zero-order chi connectivity index (χ0) is 20.1. The van der Waals surface area contributed by atoms with Gasteiger partial charge in [-0.25, -0.2) is 22.9 Å². The number of nitrogens with zero attached hydrogens (tertiary/aromatic N) is 3. The molecule has 0 spiro atoms. The minimum Gasteiger partial charge on any atom is -0.481 e. The fourth-order valence-corrected chi connectivity index (χ4v) is 2.89. The molecule has 0 saturated heterocycles. The van der Waals surface area contributed by atoms with E-state index in [1.807, 2.05) is 0 Å². The van der Waals surface area contributed by atoms with E-state index in [4.69, 9.17) is 0 Å². The third-order valence-corrected chi connectivity index (χ3v) is 4.65. The third kappa shape index (κ3) is 2.97. The van der Waals surface area contributed by atoms with Crippen molar-refractivity contribution in [1.29, 1.82) is 0 Å². The Morgan fingerprint density at radius 3 is 2.37 bits per heavy atom. The maximum Gasteiger partial charge on any atom is 0.350 e. The molecule has 0 aliphatic heterocycles. The second-order valence-electron chi connectivity index (χ2n) is 6.19. The van der Waals surface area contributed by atoms with E-state index in [0.717, 1.165) is 16.3 Å². The number of carboxylic acids is 1. The van der Waals surface area contributed by atoms with Crippen LogP contribution in [0.3, 0.4) is 0 Å². The molecule has 3 rings (SSSR count). The van der Waals surface area contributed by atoms with Crippen molar-refractivity contribution in [3.05, 3.63) is 45.8 Å². The number of rotatable bonds is 4. The van der Waals surface area contributed by atoms with E-state index in [1.165, 1.54) is 13.8 Å². The van der Waals surface area contributed by atoms with Crippen LogP contribution in [0.2, 0.25) is 0 Å². The Bertz CT molecular complexity index is 1120. The van der Waals surface area contributed by atoms with E-state index < -0.39 is 34.5 Å². The van der Waals surface area contributed by atoms with Crippen LogP contribution in [0.25, 0.3) is 16.8 Å². The van der Waals surface area contributed by atoms with Crippen LogP contribution in [0.4, 0.5) is 13.2 Å². The number of carboxylic acid groups (broad SMARTS) is 1. The van der Waals surface area contributed by atoms with Crippen molar-refractivity contribution in [3.63, 3.8) is 0 Å². The quantitative estimate of drug-likeness (QED) is 0.518. The molecule has 0 unspecified atom stereocenters. The van der Waals surface area contributed by atoms with E-state index in [2.05, 4.69) is 15.1 Å². The molecular formula is C16H13F3N4O3S. The highest BCUT2D eigenvalue weighted by Gasteiger charge is 2.37. The number of hydrogen-bond acceptors (Lipinski definition) is 5. The molecule has 2 N–H and O–H groups in total. The van der Waals surface area contributed by atoms with Crippen LogP contribution in [0.5, 0.6) is 0 Å². The number of nitrogens with one attached hydrogen (secondary N) is 1. The molecule has 0 fully saturated rings.